The summed E-state index contributed by atoms with van der Waals surface area (Å²) in [5.41, 5.74) is 1.65. The molecule has 2 amide bonds. The second kappa shape index (κ2) is 15.2. The fraction of sp³-hybridized carbons (Fsp3) is 0.559. The molecule has 4 rings (SSSR count). The van der Waals surface area contributed by atoms with Crippen LogP contribution in [0.4, 0.5) is 4.79 Å². The molecular weight excluding hydrogens is 576 g/mol. The van der Waals surface area contributed by atoms with E-state index >= 15 is 0 Å². The Balaban J connectivity index is 1.52. The molecule has 11 heteroatoms. The van der Waals surface area contributed by atoms with Gasteiger partial charge >= 0.3 is 12.1 Å². The first kappa shape index (κ1) is 33.7. The molecule has 11 nitrogen and oxygen atoms in total. The number of methoxy groups -OCH3 is 1. The van der Waals surface area contributed by atoms with Crippen LogP contribution >= 0.6 is 0 Å². The van der Waals surface area contributed by atoms with Gasteiger partial charge in [0.25, 0.3) is 0 Å². The fourth-order valence-corrected chi connectivity index (χ4v) is 5.72. The lowest BCUT2D eigenvalue weighted by molar-refractivity contribution is -0.156. The molecule has 1 aliphatic carbocycles. The Morgan fingerprint density at radius 2 is 1.91 bits per heavy atom. The van der Waals surface area contributed by atoms with Crippen LogP contribution in [0, 0.1) is 17.8 Å². The highest BCUT2D eigenvalue weighted by Gasteiger charge is 2.50. The molecule has 2 aliphatic rings. The van der Waals surface area contributed by atoms with E-state index in [0.29, 0.717) is 34.8 Å². The lowest BCUT2D eigenvalue weighted by Crippen LogP contribution is -2.52. The van der Waals surface area contributed by atoms with Gasteiger partial charge in [-0.15, -0.1) is 6.58 Å². The van der Waals surface area contributed by atoms with Crippen LogP contribution in [-0.4, -0.2) is 77.4 Å². The maximum Gasteiger partial charge on any atom is 0.408 e. The van der Waals surface area contributed by atoms with E-state index in [0.717, 1.165) is 25.7 Å². The molecule has 1 aromatic carbocycles. The molecule has 6 atom stereocenters. The number of aromatic nitrogens is 2. The van der Waals surface area contributed by atoms with Crippen molar-refractivity contribution in [1.29, 1.82) is 0 Å². The van der Waals surface area contributed by atoms with Crippen molar-refractivity contribution in [3.8, 4) is 11.6 Å². The predicted molar refractivity (Wildman–Crippen MR) is 171 cm³/mol. The number of likely N-dealkylation sites (tertiary alicyclic amines) is 1. The van der Waals surface area contributed by atoms with Crippen molar-refractivity contribution >= 4 is 35.1 Å². The van der Waals surface area contributed by atoms with Gasteiger partial charge in [0.15, 0.2) is 0 Å². The minimum atomic E-state index is -0.941. The average Bonchev–Trinajstić information content (AvgIpc) is 3.65. The molecule has 1 saturated heterocycles. The number of nitrogens with one attached hydrogen (secondary N) is 1. The summed E-state index contributed by atoms with van der Waals surface area (Å²) in [5, 5.41) is 2.66. The topological polar surface area (TPSA) is 129 Å². The van der Waals surface area contributed by atoms with Crippen molar-refractivity contribution < 1.29 is 33.3 Å². The van der Waals surface area contributed by atoms with E-state index in [2.05, 4.69) is 28.4 Å². The van der Waals surface area contributed by atoms with Crippen LogP contribution in [0.25, 0.3) is 17.1 Å². The maximum atomic E-state index is 13.8. The largest absolute Gasteiger partial charge is 0.497 e. The zero-order valence-electron chi connectivity index (χ0n) is 27.0. The summed E-state index contributed by atoms with van der Waals surface area (Å²) in [4.78, 5) is 50.8. The summed E-state index contributed by atoms with van der Waals surface area (Å²) in [6, 6.07) is 3.50. The third-order valence-corrected chi connectivity index (χ3v) is 8.28. The van der Waals surface area contributed by atoms with E-state index < -0.39 is 42.1 Å². The lowest BCUT2D eigenvalue weighted by atomic mass is 9.95. The van der Waals surface area contributed by atoms with Crippen LogP contribution in [0.15, 0.2) is 37.4 Å². The number of unbranched alkanes of at least 4 members (excludes halogenated alkanes) is 1. The molecule has 1 saturated carbocycles. The molecule has 45 heavy (non-hydrogen) atoms. The number of hydrogen-bond acceptors (Lipinski definition) is 9. The van der Waals surface area contributed by atoms with Crippen molar-refractivity contribution in [2.24, 2.45) is 17.8 Å². The first-order valence-corrected chi connectivity index (χ1v) is 15.8. The first-order valence-electron chi connectivity index (χ1n) is 15.8. The number of benzene rings is 1. The van der Waals surface area contributed by atoms with Crippen LogP contribution in [0.1, 0.15) is 65.5 Å². The molecule has 0 radical (unpaired) electrons. The zero-order valence-corrected chi connectivity index (χ0v) is 27.0. The van der Waals surface area contributed by atoms with E-state index in [-0.39, 0.29) is 31.1 Å². The molecule has 1 N–H and O–H groups in total. The van der Waals surface area contributed by atoms with Crippen molar-refractivity contribution in [2.45, 2.75) is 84.1 Å². The van der Waals surface area contributed by atoms with Gasteiger partial charge in [-0.05, 0) is 69.1 Å². The van der Waals surface area contributed by atoms with Crippen LogP contribution < -0.4 is 14.8 Å². The highest BCUT2D eigenvalue weighted by atomic mass is 16.6. The summed E-state index contributed by atoms with van der Waals surface area (Å²) in [6.45, 7) is 15.3. The van der Waals surface area contributed by atoms with Crippen LogP contribution in [-0.2, 0) is 19.1 Å². The second-order valence-electron chi connectivity index (χ2n) is 12.2. The third-order valence-electron chi connectivity index (χ3n) is 8.28. The monoisotopic (exact) mass is 622 g/mol. The maximum absolute atomic E-state index is 13.8. The van der Waals surface area contributed by atoms with Crippen molar-refractivity contribution in [1.82, 2.24) is 20.2 Å². The van der Waals surface area contributed by atoms with Crippen molar-refractivity contribution in [3.05, 3.63) is 43.1 Å². The standard InChI is InChI=1S/C34H46N4O7/c1-8-11-12-13-22-16-28(22)45-34(41)35-21(6)32(39)38-18-29(24(9-2)30(38)33(40)43-19-20(4)5)44-31-25(10-3)36-26-15-14-23(42-7)17-27(26)37-31/h8,10,14-15,17,20-22,24,28-30H,1,3,9,11-13,16,18-19H2,2,4-7H3,(H,35,41)/t21-,22+,24+,28+,29-,30-/m0/s1. The SMILES string of the molecule is C=CCCC[C@@H]1C[C@H]1OC(=O)N[C@@H](C)C(=O)N1C[C@H](Oc2nc3cc(OC)ccc3nc2C=C)[C@@H](CC)[C@H]1C(=O)OCC(C)C. The van der Waals surface area contributed by atoms with Gasteiger partial charge in [-0.3, -0.25) is 4.79 Å². The summed E-state index contributed by atoms with van der Waals surface area (Å²) in [7, 11) is 1.57. The summed E-state index contributed by atoms with van der Waals surface area (Å²) >= 11 is 0. The van der Waals surface area contributed by atoms with Gasteiger partial charge in [-0.1, -0.05) is 33.4 Å². The van der Waals surface area contributed by atoms with Gasteiger partial charge in [0.1, 0.15) is 35.7 Å². The molecule has 1 aliphatic heterocycles. The Morgan fingerprint density at radius 3 is 2.58 bits per heavy atom. The third kappa shape index (κ3) is 8.32. The van der Waals surface area contributed by atoms with Crippen molar-refractivity contribution in [2.75, 3.05) is 20.3 Å². The number of carbonyl (C=O) groups is 3. The molecule has 0 unspecified atom stereocenters. The Morgan fingerprint density at radius 1 is 1.13 bits per heavy atom. The summed E-state index contributed by atoms with van der Waals surface area (Å²) in [6.07, 6.45) is 6.27. The number of fused-ring (bicyclic) bond motifs is 1. The first-order chi connectivity index (χ1) is 21.6. The number of rotatable bonds is 15. The highest BCUT2D eigenvalue weighted by molar-refractivity contribution is 5.90. The molecule has 2 heterocycles. The molecule has 0 bridgehead atoms. The highest BCUT2D eigenvalue weighted by Crippen LogP contribution is 2.38. The minimum absolute atomic E-state index is 0.0856. The van der Waals surface area contributed by atoms with Gasteiger partial charge in [0.2, 0.25) is 11.8 Å². The molecule has 1 aromatic heterocycles. The molecular formula is C34H46N4O7. The van der Waals surface area contributed by atoms with Gasteiger partial charge < -0.3 is 29.2 Å². The van der Waals surface area contributed by atoms with Crippen LogP contribution in [0.3, 0.4) is 0 Å². The molecule has 2 aromatic rings. The average molecular weight is 623 g/mol. The molecule has 244 valence electrons. The summed E-state index contributed by atoms with van der Waals surface area (Å²) < 4.78 is 23.0. The number of alkyl carbamates (subject to hydrolysis) is 1. The quantitative estimate of drug-likeness (QED) is 0.159. The fourth-order valence-electron chi connectivity index (χ4n) is 5.72. The van der Waals surface area contributed by atoms with E-state index in [1.54, 1.807) is 38.3 Å². The summed E-state index contributed by atoms with van der Waals surface area (Å²) in [5.74, 6) is -0.0388. The van der Waals surface area contributed by atoms with E-state index in [1.165, 1.54) is 4.90 Å². The number of esters is 1. The number of allylic oxidation sites excluding steroid dienone is 1. The number of carbonyl (C=O) groups excluding carboxylic acids is 3. The van der Waals surface area contributed by atoms with E-state index in [1.807, 2.05) is 26.8 Å². The van der Waals surface area contributed by atoms with Crippen molar-refractivity contribution in [3.63, 3.8) is 0 Å². The Hall–Kier alpha value is -4.15. The second-order valence-corrected chi connectivity index (χ2v) is 12.2. The molecule has 2 fully saturated rings. The van der Waals surface area contributed by atoms with E-state index in [9.17, 15) is 14.4 Å². The number of nitrogens with zero attached hydrogens (tertiary/aromatic N) is 3. The zero-order chi connectivity index (χ0) is 32.7. The van der Waals surface area contributed by atoms with E-state index in [4.69, 9.17) is 18.9 Å². The van der Waals surface area contributed by atoms with Gasteiger partial charge in [-0.2, -0.15) is 0 Å². The normalized spacial score (nSPS) is 22.9. The number of ether oxygens (including phenoxy) is 4. The predicted octanol–water partition coefficient (Wildman–Crippen LogP) is 5.32. The minimum Gasteiger partial charge on any atom is -0.497 e. The Labute approximate surface area is 265 Å². The number of amides is 2. The van der Waals surface area contributed by atoms with Crippen LogP contribution in [0.5, 0.6) is 11.6 Å². The Bertz CT molecular complexity index is 1400. The van der Waals surface area contributed by atoms with Gasteiger partial charge in [-0.25, -0.2) is 19.6 Å². The lowest BCUT2D eigenvalue weighted by Gasteiger charge is -2.28. The smallest absolute Gasteiger partial charge is 0.408 e. The Kier molecular flexibility index (Phi) is 11.4. The van der Waals surface area contributed by atoms with Gasteiger partial charge in [0.05, 0.1) is 31.3 Å². The van der Waals surface area contributed by atoms with Gasteiger partial charge in [0, 0.05) is 12.0 Å². The number of hydrogen-bond donors (Lipinski definition) is 1. The molecule has 0 spiro atoms. The van der Waals surface area contributed by atoms with Crippen LogP contribution in [0.2, 0.25) is 0 Å².